The third kappa shape index (κ3) is 4.57. The van der Waals surface area contributed by atoms with Gasteiger partial charge in [0.05, 0.1) is 4.90 Å². The second-order valence-corrected chi connectivity index (χ2v) is 8.74. The maximum Gasteiger partial charge on any atom is 0.253 e. The summed E-state index contributed by atoms with van der Waals surface area (Å²) in [5, 5.41) is 0.998. The molecule has 0 aliphatic carbocycles. The average Bonchev–Trinajstić information content (AvgIpc) is 2.62. The Bertz CT molecular complexity index is 893. The third-order valence-corrected chi connectivity index (χ3v) is 6.32. The van der Waals surface area contributed by atoms with E-state index < -0.39 is 10.0 Å². The number of nitrogens with one attached hydrogen (secondary N) is 1. The van der Waals surface area contributed by atoms with Gasteiger partial charge in [0.2, 0.25) is 10.0 Å². The summed E-state index contributed by atoms with van der Waals surface area (Å²) < 4.78 is 27.6. The zero-order valence-electron chi connectivity index (χ0n) is 13.9. The van der Waals surface area contributed by atoms with Crippen LogP contribution in [0.3, 0.4) is 0 Å². The quantitative estimate of drug-likeness (QED) is 0.834. The van der Waals surface area contributed by atoms with Crippen molar-refractivity contribution in [1.82, 2.24) is 9.62 Å². The lowest BCUT2D eigenvalue weighted by Gasteiger charge is -2.32. The first-order valence-corrected chi connectivity index (χ1v) is 10.4. The van der Waals surface area contributed by atoms with E-state index in [0.29, 0.717) is 41.5 Å². The normalized spacial score (nSPS) is 15.8. The Morgan fingerprint density at radius 2 is 1.65 bits per heavy atom. The van der Waals surface area contributed by atoms with Crippen LogP contribution in [-0.4, -0.2) is 38.4 Å². The summed E-state index contributed by atoms with van der Waals surface area (Å²) in [4.78, 5) is 14.4. The van der Waals surface area contributed by atoms with Crippen molar-refractivity contribution in [1.29, 1.82) is 0 Å². The number of benzene rings is 2. The highest BCUT2D eigenvalue weighted by Gasteiger charge is 2.27. The lowest BCUT2D eigenvalue weighted by Crippen LogP contribution is -2.46. The van der Waals surface area contributed by atoms with E-state index in [1.54, 1.807) is 41.3 Å². The van der Waals surface area contributed by atoms with Gasteiger partial charge in [0.1, 0.15) is 0 Å². The van der Waals surface area contributed by atoms with Gasteiger partial charge in [0.25, 0.3) is 5.91 Å². The first-order valence-electron chi connectivity index (χ1n) is 8.18. The number of hydrogen-bond acceptors (Lipinski definition) is 3. The van der Waals surface area contributed by atoms with E-state index in [4.69, 9.17) is 23.2 Å². The SMILES string of the molecule is O=C(c1cccc(Cl)c1)N1CCC(NS(=O)(=O)c2ccc(Cl)cc2)CC1. The van der Waals surface area contributed by atoms with Crippen LogP contribution in [0.1, 0.15) is 23.2 Å². The summed E-state index contributed by atoms with van der Waals surface area (Å²) in [5.41, 5.74) is 0.540. The van der Waals surface area contributed by atoms with Gasteiger partial charge in [0.15, 0.2) is 0 Å². The molecular weight excluding hydrogens is 395 g/mol. The molecule has 1 aliphatic heterocycles. The molecule has 2 aromatic rings. The van der Waals surface area contributed by atoms with Crippen LogP contribution < -0.4 is 4.72 Å². The Hall–Kier alpha value is -1.60. The van der Waals surface area contributed by atoms with E-state index >= 15 is 0 Å². The fourth-order valence-electron chi connectivity index (χ4n) is 2.91. The summed E-state index contributed by atoms with van der Waals surface area (Å²) >= 11 is 11.7. The second-order valence-electron chi connectivity index (χ2n) is 6.15. The van der Waals surface area contributed by atoms with Gasteiger partial charge in [-0.15, -0.1) is 0 Å². The van der Waals surface area contributed by atoms with Gasteiger partial charge >= 0.3 is 0 Å². The van der Waals surface area contributed by atoms with Crippen molar-refractivity contribution in [2.24, 2.45) is 0 Å². The highest BCUT2D eigenvalue weighted by Crippen LogP contribution is 2.19. The standard InChI is InChI=1S/C18H18Cl2N2O3S/c19-14-4-6-17(7-5-14)26(24,25)21-16-8-10-22(11-9-16)18(23)13-2-1-3-15(20)12-13/h1-7,12,16,21H,8-11H2. The maximum absolute atomic E-state index is 12.5. The molecule has 0 radical (unpaired) electrons. The van der Waals surface area contributed by atoms with Gasteiger partial charge in [-0.05, 0) is 55.3 Å². The smallest absolute Gasteiger partial charge is 0.253 e. The molecule has 138 valence electrons. The van der Waals surface area contributed by atoms with Crippen LogP contribution in [0.25, 0.3) is 0 Å². The molecular formula is C18H18Cl2N2O3S. The van der Waals surface area contributed by atoms with Crippen LogP contribution in [0.15, 0.2) is 53.4 Å². The average molecular weight is 413 g/mol. The van der Waals surface area contributed by atoms with E-state index in [9.17, 15) is 13.2 Å². The van der Waals surface area contributed by atoms with Gasteiger partial charge in [-0.2, -0.15) is 0 Å². The zero-order valence-corrected chi connectivity index (χ0v) is 16.2. The number of hydrogen-bond donors (Lipinski definition) is 1. The zero-order chi connectivity index (χ0) is 18.7. The number of carbonyl (C=O) groups is 1. The minimum Gasteiger partial charge on any atom is -0.339 e. The molecule has 0 atom stereocenters. The fourth-order valence-corrected chi connectivity index (χ4v) is 4.53. The minimum absolute atomic E-state index is 0.0912. The van der Waals surface area contributed by atoms with Crippen LogP contribution in [-0.2, 0) is 10.0 Å². The summed E-state index contributed by atoms with van der Waals surface area (Å²) in [6.07, 6.45) is 1.11. The maximum atomic E-state index is 12.5. The summed E-state index contributed by atoms with van der Waals surface area (Å²) in [7, 11) is -3.60. The van der Waals surface area contributed by atoms with Crippen LogP contribution in [0.4, 0.5) is 0 Å². The molecule has 1 N–H and O–H groups in total. The molecule has 1 fully saturated rings. The van der Waals surface area contributed by atoms with E-state index in [1.807, 2.05) is 0 Å². The Morgan fingerprint density at radius 1 is 1.00 bits per heavy atom. The monoisotopic (exact) mass is 412 g/mol. The molecule has 0 unspecified atom stereocenters. The van der Waals surface area contributed by atoms with Crippen LogP contribution in [0, 0.1) is 0 Å². The number of likely N-dealkylation sites (tertiary alicyclic amines) is 1. The van der Waals surface area contributed by atoms with Crippen molar-refractivity contribution in [2.75, 3.05) is 13.1 Å². The molecule has 3 rings (SSSR count). The van der Waals surface area contributed by atoms with Gasteiger partial charge in [-0.3, -0.25) is 4.79 Å². The lowest BCUT2D eigenvalue weighted by molar-refractivity contribution is 0.0711. The van der Waals surface area contributed by atoms with Crippen LogP contribution in [0.5, 0.6) is 0 Å². The van der Waals surface area contributed by atoms with Crippen molar-refractivity contribution in [3.63, 3.8) is 0 Å². The first kappa shape index (κ1) is 19.2. The Morgan fingerprint density at radius 3 is 2.27 bits per heavy atom. The fraction of sp³-hybridized carbons (Fsp3) is 0.278. The predicted octanol–water partition coefficient (Wildman–Crippen LogP) is 3.58. The number of halogens is 2. The first-order chi connectivity index (χ1) is 12.3. The molecule has 0 aromatic heterocycles. The summed E-state index contributed by atoms with van der Waals surface area (Å²) in [5.74, 6) is -0.0912. The molecule has 2 aromatic carbocycles. The highest BCUT2D eigenvalue weighted by atomic mass is 35.5. The molecule has 0 spiro atoms. The molecule has 5 nitrogen and oxygen atoms in total. The van der Waals surface area contributed by atoms with E-state index in [2.05, 4.69) is 4.72 Å². The van der Waals surface area contributed by atoms with Crippen molar-refractivity contribution in [2.45, 2.75) is 23.8 Å². The van der Waals surface area contributed by atoms with Crippen LogP contribution >= 0.6 is 23.2 Å². The Balaban J connectivity index is 1.60. The molecule has 1 saturated heterocycles. The van der Waals surface area contributed by atoms with Gasteiger partial charge in [0, 0.05) is 34.7 Å². The number of rotatable bonds is 4. The lowest BCUT2D eigenvalue weighted by atomic mass is 10.0. The van der Waals surface area contributed by atoms with Crippen LogP contribution in [0.2, 0.25) is 10.0 Å². The van der Waals surface area contributed by atoms with Crippen molar-refractivity contribution in [3.05, 3.63) is 64.1 Å². The van der Waals surface area contributed by atoms with Crippen molar-refractivity contribution < 1.29 is 13.2 Å². The number of sulfonamides is 1. The molecule has 1 heterocycles. The van der Waals surface area contributed by atoms with Crippen molar-refractivity contribution in [3.8, 4) is 0 Å². The minimum atomic E-state index is -3.60. The Kier molecular flexibility index (Phi) is 5.87. The summed E-state index contributed by atoms with van der Waals surface area (Å²) in [6, 6.07) is 12.6. The highest BCUT2D eigenvalue weighted by molar-refractivity contribution is 7.89. The third-order valence-electron chi connectivity index (χ3n) is 4.30. The summed E-state index contributed by atoms with van der Waals surface area (Å²) in [6.45, 7) is 0.971. The predicted molar refractivity (Wildman–Crippen MR) is 102 cm³/mol. The van der Waals surface area contributed by atoms with Gasteiger partial charge in [-0.1, -0.05) is 29.3 Å². The number of nitrogens with zero attached hydrogens (tertiary/aromatic N) is 1. The van der Waals surface area contributed by atoms with Crippen molar-refractivity contribution >= 4 is 39.1 Å². The molecule has 1 amide bonds. The van der Waals surface area contributed by atoms with Gasteiger partial charge < -0.3 is 4.90 Å². The number of amides is 1. The Labute approximate surface area is 163 Å². The molecule has 8 heteroatoms. The van der Waals surface area contributed by atoms with Gasteiger partial charge in [-0.25, -0.2) is 13.1 Å². The second kappa shape index (κ2) is 7.96. The van der Waals surface area contributed by atoms with E-state index in [-0.39, 0.29) is 16.8 Å². The molecule has 0 bridgehead atoms. The number of piperidine rings is 1. The van der Waals surface area contributed by atoms with E-state index in [1.165, 1.54) is 12.1 Å². The topological polar surface area (TPSA) is 66.5 Å². The molecule has 1 aliphatic rings. The molecule has 26 heavy (non-hydrogen) atoms. The number of carbonyl (C=O) groups excluding carboxylic acids is 1. The van der Waals surface area contributed by atoms with E-state index in [0.717, 1.165) is 0 Å². The largest absolute Gasteiger partial charge is 0.339 e. The molecule has 0 saturated carbocycles.